The molecular weight excluding hydrogens is 320 g/mol. The van der Waals surface area contributed by atoms with E-state index in [0.29, 0.717) is 5.56 Å². The highest BCUT2D eigenvalue weighted by Gasteiger charge is 2.11. The Morgan fingerprint density at radius 3 is 2.58 bits per heavy atom. The zero-order valence-corrected chi connectivity index (χ0v) is 13.5. The van der Waals surface area contributed by atoms with Gasteiger partial charge in [0.1, 0.15) is 6.07 Å². The van der Waals surface area contributed by atoms with Crippen molar-refractivity contribution < 1.29 is 0 Å². The number of nitrogens with zero attached hydrogens (tertiary/aromatic N) is 1. The molecule has 19 heavy (non-hydrogen) atoms. The van der Waals surface area contributed by atoms with Crippen LogP contribution in [0, 0.1) is 25.2 Å². The second-order valence-corrected chi connectivity index (χ2v) is 6.86. The van der Waals surface area contributed by atoms with E-state index in [1.165, 1.54) is 15.3 Å². The Hall–Kier alpha value is -1.31. The van der Waals surface area contributed by atoms with Crippen molar-refractivity contribution in [3.63, 3.8) is 0 Å². The zero-order chi connectivity index (χ0) is 14.0. The summed E-state index contributed by atoms with van der Waals surface area (Å²) in [5, 5.41) is 12.4. The highest BCUT2D eigenvalue weighted by molar-refractivity contribution is 9.10. The number of aryl methyl sites for hydroxylation is 2. The molecule has 0 spiro atoms. The van der Waals surface area contributed by atoms with Crippen molar-refractivity contribution in [2.24, 2.45) is 0 Å². The first-order chi connectivity index (χ1) is 9.01. The topological polar surface area (TPSA) is 35.8 Å². The Morgan fingerprint density at radius 2 is 2.05 bits per heavy atom. The number of hydrogen-bond donors (Lipinski definition) is 1. The van der Waals surface area contributed by atoms with E-state index in [9.17, 15) is 0 Å². The third-order valence-corrected chi connectivity index (χ3v) is 4.66. The first kappa shape index (κ1) is 14.1. The Labute approximate surface area is 126 Å². The Kier molecular flexibility index (Phi) is 4.28. The van der Waals surface area contributed by atoms with Crippen LogP contribution in [0.5, 0.6) is 0 Å². The summed E-state index contributed by atoms with van der Waals surface area (Å²) in [4.78, 5) is 2.69. The number of rotatable bonds is 3. The molecule has 0 aliphatic carbocycles. The van der Waals surface area contributed by atoms with Crippen LogP contribution < -0.4 is 5.32 Å². The van der Waals surface area contributed by atoms with Crippen molar-refractivity contribution in [1.29, 1.82) is 5.26 Å². The van der Waals surface area contributed by atoms with Crippen LogP contribution in [-0.4, -0.2) is 0 Å². The summed E-state index contributed by atoms with van der Waals surface area (Å²) in [6.07, 6.45) is 0. The van der Waals surface area contributed by atoms with Gasteiger partial charge in [-0.2, -0.15) is 5.26 Å². The number of halogens is 1. The molecule has 1 N–H and O–H groups in total. The number of nitriles is 1. The van der Waals surface area contributed by atoms with E-state index in [1.807, 2.05) is 29.5 Å². The van der Waals surface area contributed by atoms with E-state index in [2.05, 4.69) is 54.2 Å². The molecule has 0 bridgehead atoms. The SMILES string of the molecule is Cc1cc(C(C)Nc2ccc(C#N)c(Br)c2)c(C)s1. The Morgan fingerprint density at radius 1 is 1.32 bits per heavy atom. The maximum absolute atomic E-state index is 8.91. The fraction of sp³-hybridized carbons (Fsp3) is 0.267. The maximum Gasteiger partial charge on any atom is 0.100 e. The molecule has 0 amide bonds. The van der Waals surface area contributed by atoms with Gasteiger partial charge in [-0.25, -0.2) is 0 Å². The largest absolute Gasteiger partial charge is 0.378 e. The highest BCUT2D eigenvalue weighted by Crippen LogP contribution is 2.29. The first-order valence-electron chi connectivity index (χ1n) is 6.04. The molecule has 0 aliphatic rings. The third-order valence-electron chi connectivity index (χ3n) is 3.02. The van der Waals surface area contributed by atoms with Crippen LogP contribution in [0.25, 0.3) is 0 Å². The van der Waals surface area contributed by atoms with Gasteiger partial charge in [-0.05, 0) is 66.5 Å². The third kappa shape index (κ3) is 3.17. The lowest BCUT2D eigenvalue weighted by Crippen LogP contribution is -2.06. The van der Waals surface area contributed by atoms with Gasteiger partial charge in [-0.1, -0.05) is 0 Å². The van der Waals surface area contributed by atoms with E-state index in [-0.39, 0.29) is 6.04 Å². The van der Waals surface area contributed by atoms with Crippen molar-refractivity contribution >= 4 is 33.0 Å². The summed E-state index contributed by atoms with van der Waals surface area (Å²) in [5.74, 6) is 0. The van der Waals surface area contributed by atoms with Gasteiger partial charge >= 0.3 is 0 Å². The summed E-state index contributed by atoms with van der Waals surface area (Å²) >= 11 is 5.24. The van der Waals surface area contributed by atoms with E-state index < -0.39 is 0 Å². The summed E-state index contributed by atoms with van der Waals surface area (Å²) < 4.78 is 0.824. The fourth-order valence-electron chi connectivity index (χ4n) is 2.10. The lowest BCUT2D eigenvalue weighted by atomic mass is 10.1. The first-order valence-corrected chi connectivity index (χ1v) is 7.65. The van der Waals surface area contributed by atoms with Gasteiger partial charge in [-0.15, -0.1) is 11.3 Å². The van der Waals surface area contributed by atoms with Gasteiger partial charge in [0, 0.05) is 26.0 Å². The van der Waals surface area contributed by atoms with Crippen LogP contribution in [0.3, 0.4) is 0 Å². The predicted molar refractivity (Wildman–Crippen MR) is 84.7 cm³/mol. The minimum Gasteiger partial charge on any atom is -0.378 e. The molecule has 2 aromatic rings. The number of anilines is 1. The van der Waals surface area contributed by atoms with Crippen molar-refractivity contribution in [2.45, 2.75) is 26.8 Å². The van der Waals surface area contributed by atoms with Crippen LogP contribution >= 0.6 is 27.3 Å². The number of thiophene rings is 1. The molecule has 1 aromatic carbocycles. The van der Waals surface area contributed by atoms with Gasteiger partial charge in [0.15, 0.2) is 0 Å². The summed E-state index contributed by atoms with van der Waals surface area (Å²) in [6, 6.07) is 10.3. The van der Waals surface area contributed by atoms with Crippen LogP contribution in [0.4, 0.5) is 5.69 Å². The van der Waals surface area contributed by atoms with Gasteiger partial charge < -0.3 is 5.32 Å². The summed E-state index contributed by atoms with van der Waals surface area (Å²) in [5.41, 5.74) is 3.00. The van der Waals surface area contributed by atoms with Gasteiger partial charge in [-0.3, -0.25) is 0 Å². The summed E-state index contributed by atoms with van der Waals surface area (Å²) in [7, 11) is 0. The average Bonchev–Trinajstić information content (AvgIpc) is 2.69. The molecule has 0 saturated heterocycles. The molecule has 0 fully saturated rings. The molecular formula is C15H15BrN2S. The molecule has 1 aromatic heterocycles. The summed E-state index contributed by atoms with van der Waals surface area (Å²) in [6.45, 7) is 6.44. The van der Waals surface area contributed by atoms with E-state index in [1.54, 1.807) is 0 Å². The molecule has 0 radical (unpaired) electrons. The normalized spacial score (nSPS) is 11.9. The fourth-order valence-corrected chi connectivity index (χ4v) is 3.59. The molecule has 1 heterocycles. The average molecular weight is 335 g/mol. The molecule has 1 unspecified atom stereocenters. The molecule has 0 saturated carbocycles. The monoisotopic (exact) mass is 334 g/mol. The zero-order valence-electron chi connectivity index (χ0n) is 11.1. The van der Waals surface area contributed by atoms with Crippen molar-refractivity contribution in [3.05, 3.63) is 49.6 Å². The van der Waals surface area contributed by atoms with E-state index in [0.717, 1.165) is 10.2 Å². The molecule has 2 nitrogen and oxygen atoms in total. The Bertz CT molecular complexity index is 640. The van der Waals surface area contributed by atoms with Crippen molar-refractivity contribution in [2.75, 3.05) is 5.32 Å². The molecule has 2 rings (SSSR count). The quantitative estimate of drug-likeness (QED) is 0.840. The highest BCUT2D eigenvalue weighted by atomic mass is 79.9. The number of hydrogen-bond acceptors (Lipinski definition) is 3. The van der Waals surface area contributed by atoms with Crippen LogP contribution in [0.2, 0.25) is 0 Å². The maximum atomic E-state index is 8.91. The van der Waals surface area contributed by atoms with Gasteiger partial charge in [0.25, 0.3) is 0 Å². The standard InChI is InChI=1S/C15H15BrN2S/c1-9-6-14(11(3)19-9)10(2)18-13-5-4-12(8-17)15(16)7-13/h4-7,10,18H,1-3H3. The van der Waals surface area contributed by atoms with Gasteiger partial charge in [0.05, 0.1) is 5.56 Å². The van der Waals surface area contributed by atoms with Crippen molar-refractivity contribution in [1.82, 2.24) is 0 Å². The van der Waals surface area contributed by atoms with Crippen LogP contribution in [-0.2, 0) is 0 Å². The number of benzene rings is 1. The molecule has 4 heteroatoms. The second kappa shape index (κ2) is 5.77. The van der Waals surface area contributed by atoms with Crippen molar-refractivity contribution in [3.8, 4) is 6.07 Å². The number of nitrogens with one attached hydrogen (secondary N) is 1. The minimum absolute atomic E-state index is 0.254. The van der Waals surface area contributed by atoms with E-state index >= 15 is 0 Å². The lowest BCUT2D eigenvalue weighted by Gasteiger charge is -2.15. The lowest BCUT2D eigenvalue weighted by molar-refractivity contribution is 0.881. The minimum atomic E-state index is 0.254. The predicted octanol–water partition coefficient (Wildman–Crippen LogP) is 5.17. The van der Waals surface area contributed by atoms with Crippen LogP contribution in [0.1, 0.15) is 33.8 Å². The smallest absolute Gasteiger partial charge is 0.100 e. The molecule has 0 aliphatic heterocycles. The van der Waals surface area contributed by atoms with Crippen LogP contribution in [0.15, 0.2) is 28.7 Å². The molecule has 98 valence electrons. The van der Waals surface area contributed by atoms with E-state index in [4.69, 9.17) is 5.26 Å². The second-order valence-electron chi connectivity index (χ2n) is 4.54. The Balaban J connectivity index is 2.20. The van der Waals surface area contributed by atoms with Gasteiger partial charge in [0.2, 0.25) is 0 Å². The molecule has 1 atom stereocenters.